The van der Waals surface area contributed by atoms with E-state index < -0.39 is 74.4 Å². The third-order valence-corrected chi connectivity index (χ3v) is 5.43. The number of aliphatic hydroxyl groups is 6. The van der Waals surface area contributed by atoms with Crippen LogP contribution in [0.25, 0.3) is 0 Å². The van der Waals surface area contributed by atoms with Crippen LogP contribution in [0.15, 0.2) is 0 Å². The largest absolute Gasteiger partial charge is 0.394 e. The number of hydrogen-bond acceptors (Lipinski definition) is 11. The summed E-state index contributed by atoms with van der Waals surface area (Å²) in [7, 11) is 0. The maximum atomic E-state index is 10.7. The normalized spacial score (nSPS) is 43.4. The molecular formula is C18H35NO10. The van der Waals surface area contributed by atoms with E-state index in [1.54, 1.807) is 6.92 Å². The summed E-state index contributed by atoms with van der Waals surface area (Å²) in [5.41, 5.74) is 5.45. The summed E-state index contributed by atoms with van der Waals surface area (Å²) in [6.07, 6.45) is -8.69. The molecule has 0 aliphatic carbocycles. The molecule has 0 bridgehead atoms. The Morgan fingerprint density at radius 3 is 2.07 bits per heavy atom. The Morgan fingerprint density at radius 2 is 1.45 bits per heavy atom. The maximum absolute atomic E-state index is 10.7. The van der Waals surface area contributed by atoms with E-state index in [1.165, 1.54) is 0 Å². The minimum atomic E-state index is -1.62. The SMILES string of the molecule is CC1[C@H](OCCCCCN)OC(CO)[C@@H](O[C@@H]2OC(CO)[C@H](O)[C@H](O)C2O)[C@@H]1O. The third-order valence-electron chi connectivity index (χ3n) is 5.43. The second-order valence-electron chi connectivity index (χ2n) is 7.59. The molecule has 10 atom stereocenters. The summed E-state index contributed by atoms with van der Waals surface area (Å²) < 4.78 is 22.4. The number of hydrogen-bond donors (Lipinski definition) is 7. The van der Waals surface area contributed by atoms with Gasteiger partial charge in [-0.05, 0) is 25.8 Å². The molecule has 2 aliphatic heterocycles. The first-order chi connectivity index (χ1) is 13.8. The second-order valence-corrected chi connectivity index (χ2v) is 7.59. The van der Waals surface area contributed by atoms with Crippen LogP contribution in [0.5, 0.6) is 0 Å². The Bertz CT molecular complexity index is 468. The fourth-order valence-electron chi connectivity index (χ4n) is 3.52. The van der Waals surface area contributed by atoms with Gasteiger partial charge in [0.15, 0.2) is 12.6 Å². The van der Waals surface area contributed by atoms with Crippen molar-refractivity contribution in [2.75, 3.05) is 26.4 Å². The van der Waals surface area contributed by atoms with Crippen molar-refractivity contribution < 1.29 is 49.6 Å². The first-order valence-corrected chi connectivity index (χ1v) is 10.1. The summed E-state index contributed by atoms with van der Waals surface area (Å²) in [5, 5.41) is 59.6. The van der Waals surface area contributed by atoms with E-state index >= 15 is 0 Å². The molecule has 0 radical (unpaired) electrons. The topological polar surface area (TPSA) is 184 Å². The van der Waals surface area contributed by atoms with Gasteiger partial charge < -0.3 is 55.3 Å². The second kappa shape index (κ2) is 11.8. The van der Waals surface area contributed by atoms with Gasteiger partial charge in [0.25, 0.3) is 0 Å². The van der Waals surface area contributed by atoms with Crippen LogP contribution in [-0.4, -0.2) is 112 Å². The van der Waals surface area contributed by atoms with Gasteiger partial charge >= 0.3 is 0 Å². The van der Waals surface area contributed by atoms with Crippen LogP contribution < -0.4 is 5.73 Å². The van der Waals surface area contributed by atoms with Gasteiger partial charge in [-0.25, -0.2) is 0 Å². The average Bonchev–Trinajstić information content (AvgIpc) is 2.72. The number of ether oxygens (including phenoxy) is 4. The molecule has 2 rings (SSSR count). The van der Waals surface area contributed by atoms with E-state index in [0.717, 1.165) is 19.3 Å². The van der Waals surface area contributed by atoms with Crippen molar-refractivity contribution in [3.05, 3.63) is 0 Å². The number of nitrogens with two attached hydrogens (primary N) is 1. The van der Waals surface area contributed by atoms with Crippen molar-refractivity contribution in [3.63, 3.8) is 0 Å². The summed E-state index contributed by atoms with van der Waals surface area (Å²) in [6, 6.07) is 0. The fourth-order valence-corrected chi connectivity index (χ4v) is 3.52. The standard InChI is InChI=1S/C18H35NO10/c1-9-12(22)16(11(8-21)28-17(9)26-6-4-2-3-5-19)29-18-15(25)14(24)13(23)10(7-20)27-18/h9-18,20-25H,2-8,19H2,1H3/t9?,10?,11?,12-,13+,14+,15?,16-,17-,18+/m1/s1. The molecule has 172 valence electrons. The van der Waals surface area contributed by atoms with Gasteiger partial charge in [-0.3, -0.25) is 0 Å². The average molecular weight is 425 g/mol. The lowest BCUT2D eigenvalue weighted by molar-refractivity contribution is -0.353. The molecule has 29 heavy (non-hydrogen) atoms. The molecule has 2 heterocycles. The van der Waals surface area contributed by atoms with Crippen LogP contribution in [0.3, 0.4) is 0 Å². The van der Waals surface area contributed by atoms with Crippen molar-refractivity contribution in [2.24, 2.45) is 11.7 Å². The van der Waals surface area contributed by atoms with Crippen molar-refractivity contribution in [1.82, 2.24) is 0 Å². The van der Waals surface area contributed by atoms with Crippen LogP contribution in [0.2, 0.25) is 0 Å². The first-order valence-electron chi connectivity index (χ1n) is 10.1. The Labute approximate surface area is 169 Å². The predicted octanol–water partition coefficient (Wildman–Crippen LogP) is -2.97. The van der Waals surface area contributed by atoms with E-state index in [0.29, 0.717) is 13.2 Å². The smallest absolute Gasteiger partial charge is 0.187 e. The van der Waals surface area contributed by atoms with Crippen molar-refractivity contribution in [3.8, 4) is 0 Å². The maximum Gasteiger partial charge on any atom is 0.187 e. The highest BCUT2D eigenvalue weighted by Gasteiger charge is 2.49. The molecule has 4 unspecified atom stereocenters. The van der Waals surface area contributed by atoms with E-state index in [1.807, 2.05) is 0 Å². The van der Waals surface area contributed by atoms with Crippen LogP contribution in [0.1, 0.15) is 26.2 Å². The third kappa shape index (κ3) is 6.05. The van der Waals surface area contributed by atoms with Crippen molar-refractivity contribution in [2.45, 2.75) is 81.5 Å². The molecule has 11 heteroatoms. The molecule has 0 saturated carbocycles. The van der Waals surface area contributed by atoms with Gasteiger partial charge in [-0.1, -0.05) is 6.92 Å². The molecule has 8 N–H and O–H groups in total. The molecule has 0 aromatic heterocycles. The first kappa shape index (κ1) is 24.8. The summed E-state index contributed by atoms with van der Waals surface area (Å²) in [4.78, 5) is 0. The minimum Gasteiger partial charge on any atom is -0.394 e. The van der Waals surface area contributed by atoms with Gasteiger partial charge in [0, 0.05) is 12.5 Å². The molecule has 11 nitrogen and oxygen atoms in total. The highest BCUT2D eigenvalue weighted by molar-refractivity contribution is 4.93. The van der Waals surface area contributed by atoms with E-state index in [-0.39, 0.29) is 0 Å². The number of aliphatic hydroxyl groups excluding tert-OH is 6. The lowest BCUT2D eigenvalue weighted by atomic mass is 9.92. The zero-order chi connectivity index (χ0) is 21.6. The number of unbranched alkanes of at least 4 members (excludes halogenated alkanes) is 2. The molecule has 0 aromatic carbocycles. The van der Waals surface area contributed by atoms with Crippen molar-refractivity contribution >= 4 is 0 Å². The van der Waals surface area contributed by atoms with Crippen molar-refractivity contribution in [1.29, 1.82) is 0 Å². The lowest BCUT2D eigenvalue weighted by Gasteiger charge is -2.46. The Balaban J connectivity index is 1.98. The summed E-state index contributed by atoms with van der Waals surface area (Å²) in [5.74, 6) is -0.512. The lowest BCUT2D eigenvalue weighted by Crippen LogP contribution is -2.63. The molecule has 2 fully saturated rings. The molecule has 2 saturated heterocycles. The van der Waals surface area contributed by atoms with Crippen LogP contribution in [0, 0.1) is 5.92 Å². The van der Waals surface area contributed by atoms with Crippen LogP contribution in [0.4, 0.5) is 0 Å². The molecule has 0 spiro atoms. The van der Waals surface area contributed by atoms with Gasteiger partial charge in [0.1, 0.15) is 36.6 Å². The zero-order valence-corrected chi connectivity index (χ0v) is 16.6. The van der Waals surface area contributed by atoms with Gasteiger partial charge in [-0.15, -0.1) is 0 Å². The monoisotopic (exact) mass is 425 g/mol. The Kier molecular flexibility index (Phi) is 10.1. The van der Waals surface area contributed by atoms with Gasteiger partial charge in [0.05, 0.1) is 19.3 Å². The Hall–Kier alpha value is -0.440. The van der Waals surface area contributed by atoms with Gasteiger partial charge in [0.2, 0.25) is 0 Å². The predicted molar refractivity (Wildman–Crippen MR) is 98.4 cm³/mol. The van der Waals surface area contributed by atoms with E-state index in [4.69, 9.17) is 24.7 Å². The summed E-state index contributed by atoms with van der Waals surface area (Å²) in [6.45, 7) is 1.64. The molecule has 2 aliphatic rings. The molecule has 0 aromatic rings. The minimum absolute atomic E-state index is 0.415. The number of rotatable bonds is 10. The van der Waals surface area contributed by atoms with Gasteiger partial charge in [-0.2, -0.15) is 0 Å². The Morgan fingerprint density at radius 1 is 0.793 bits per heavy atom. The molecular weight excluding hydrogens is 390 g/mol. The fraction of sp³-hybridized carbons (Fsp3) is 1.00. The van der Waals surface area contributed by atoms with Crippen LogP contribution in [-0.2, 0) is 18.9 Å². The van der Waals surface area contributed by atoms with Crippen LogP contribution >= 0.6 is 0 Å². The van der Waals surface area contributed by atoms with E-state index in [9.17, 15) is 30.6 Å². The highest BCUT2D eigenvalue weighted by Crippen LogP contribution is 2.32. The zero-order valence-electron chi connectivity index (χ0n) is 16.6. The van der Waals surface area contributed by atoms with E-state index in [2.05, 4.69) is 0 Å². The molecule has 0 amide bonds. The highest BCUT2D eigenvalue weighted by atomic mass is 16.7. The quantitative estimate of drug-likeness (QED) is 0.177. The summed E-state index contributed by atoms with van der Waals surface area (Å²) >= 11 is 0.